The minimum absolute atomic E-state index is 0.00537. The average Bonchev–Trinajstić information content (AvgIpc) is 2.37. The second kappa shape index (κ2) is 6.93. The van der Waals surface area contributed by atoms with Gasteiger partial charge in [-0.05, 0) is 17.4 Å². The molecule has 20 heavy (non-hydrogen) atoms. The van der Waals surface area contributed by atoms with Gasteiger partial charge in [-0.25, -0.2) is 0 Å². The van der Waals surface area contributed by atoms with E-state index >= 15 is 0 Å². The fraction of sp³-hybridized carbons (Fsp3) is 0.467. The molecule has 0 aromatic heterocycles. The Bertz CT molecular complexity index is 473. The van der Waals surface area contributed by atoms with Gasteiger partial charge in [0, 0.05) is 12.1 Å². The molecule has 1 amide bonds. The number of rotatable bonds is 5. The van der Waals surface area contributed by atoms with Crippen LogP contribution >= 0.6 is 0 Å². The van der Waals surface area contributed by atoms with Crippen molar-refractivity contribution in [3.8, 4) is 0 Å². The van der Waals surface area contributed by atoms with E-state index < -0.39 is 0 Å². The first-order valence-electron chi connectivity index (χ1n) is 6.65. The number of carbonyl (C=O) groups is 1. The summed E-state index contributed by atoms with van der Waals surface area (Å²) in [4.78, 5) is 11.8. The molecule has 4 N–H and O–H groups in total. The highest BCUT2D eigenvalue weighted by Gasteiger charge is 2.10. The van der Waals surface area contributed by atoms with E-state index in [4.69, 9.17) is 10.9 Å². The molecule has 0 spiro atoms. The normalized spacial score (nSPS) is 12.2. The predicted molar refractivity (Wildman–Crippen MR) is 79.7 cm³/mol. The smallest absolute Gasteiger partial charge is 0.224 e. The van der Waals surface area contributed by atoms with E-state index in [0.717, 1.165) is 12.0 Å². The topological polar surface area (TPSA) is 87.7 Å². The molecule has 0 aliphatic carbocycles. The number of hydrogen-bond acceptors (Lipinski definition) is 3. The van der Waals surface area contributed by atoms with Gasteiger partial charge in [-0.1, -0.05) is 50.2 Å². The highest BCUT2D eigenvalue weighted by molar-refractivity contribution is 5.97. The highest BCUT2D eigenvalue weighted by Crippen LogP contribution is 2.16. The third-order valence-electron chi connectivity index (χ3n) is 2.92. The fourth-order valence-corrected chi connectivity index (χ4v) is 1.68. The zero-order chi connectivity index (χ0) is 15.2. The van der Waals surface area contributed by atoms with Crippen LogP contribution in [-0.2, 0) is 11.2 Å². The number of oxime groups is 1. The Kier molecular flexibility index (Phi) is 5.55. The number of nitrogens with zero attached hydrogens (tertiary/aromatic N) is 1. The van der Waals surface area contributed by atoms with Crippen LogP contribution in [0.2, 0.25) is 0 Å². The van der Waals surface area contributed by atoms with Gasteiger partial charge in [0.1, 0.15) is 0 Å². The van der Waals surface area contributed by atoms with Crippen molar-refractivity contribution in [3.63, 3.8) is 0 Å². The van der Waals surface area contributed by atoms with Crippen molar-refractivity contribution >= 4 is 11.7 Å². The Hall–Kier alpha value is -2.04. The minimum atomic E-state index is 0.00537. The van der Waals surface area contributed by atoms with Crippen LogP contribution in [-0.4, -0.2) is 23.5 Å². The monoisotopic (exact) mass is 277 g/mol. The number of nitrogens with one attached hydrogen (secondary N) is 1. The van der Waals surface area contributed by atoms with Gasteiger partial charge in [0.2, 0.25) is 5.91 Å². The Morgan fingerprint density at radius 1 is 1.30 bits per heavy atom. The van der Waals surface area contributed by atoms with Crippen molar-refractivity contribution in [2.75, 3.05) is 6.54 Å². The summed E-state index contributed by atoms with van der Waals surface area (Å²) in [7, 11) is 0. The number of nitrogens with two attached hydrogens (primary N) is 1. The number of benzene rings is 1. The van der Waals surface area contributed by atoms with Crippen molar-refractivity contribution in [2.24, 2.45) is 16.3 Å². The molecule has 0 bridgehead atoms. The molecule has 0 atom stereocenters. The van der Waals surface area contributed by atoms with E-state index in [-0.39, 0.29) is 17.2 Å². The van der Waals surface area contributed by atoms with E-state index in [1.54, 1.807) is 24.3 Å². The molecule has 5 nitrogen and oxygen atoms in total. The second-order valence-corrected chi connectivity index (χ2v) is 6.02. The molecule has 0 aliphatic rings. The molecule has 0 fully saturated rings. The van der Waals surface area contributed by atoms with Gasteiger partial charge < -0.3 is 16.3 Å². The van der Waals surface area contributed by atoms with Crippen molar-refractivity contribution in [2.45, 2.75) is 33.6 Å². The maximum absolute atomic E-state index is 11.8. The van der Waals surface area contributed by atoms with Gasteiger partial charge in [-0.15, -0.1) is 0 Å². The molecule has 1 aromatic rings. The molecule has 0 unspecified atom stereocenters. The van der Waals surface area contributed by atoms with Crippen LogP contribution in [0.25, 0.3) is 0 Å². The van der Waals surface area contributed by atoms with Crippen LogP contribution in [0.1, 0.15) is 38.3 Å². The van der Waals surface area contributed by atoms with Crippen molar-refractivity contribution < 1.29 is 10.0 Å². The lowest BCUT2D eigenvalue weighted by Crippen LogP contribution is -2.28. The van der Waals surface area contributed by atoms with Gasteiger partial charge in [0.05, 0.1) is 6.42 Å². The largest absolute Gasteiger partial charge is 0.409 e. The Labute approximate surface area is 119 Å². The SMILES string of the molecule is CC(C)(C)CCNC(=O)Cc1ccc(/C(N)=N/O)cc1. The molecule has 0 heterocycles. The van der Waals surface area contributed by atoms with Crippen molar-refractivity contribution in [3.05, 3.63) is 35.4 Å². The standard InChI is InChI=1S/C15H23N3O2/c1-15(2,3)8-9-17-13(19)10-11-4-6-12(7-5-11)14(16)18-20/h4-7,20H,8-10H2,1-3H3,(H2,16,18)(H,17,19). The van der Waals surface area contributed by atoms with Crippen LogP contribution in [0.15, 0.2) is 29.4 Å². The van der Waals surface area contributed by atoms with E-state index in [9.17, 15) is 4.79 Å². The van der Waals surface area contributed by atoms with E-state index in [1.807, 2.05) is 0 Å². The molecule has 1 rings (SSSR count). The highest BCUT2D eigenvalue weighted by atomic mass is 16.4. The van der Waals surface area contributed by atoms with Gasteiger partial charge >= 0.3 is 0 Å². The Morgan fingerprint density at radius 3 is 2.40 bits per heavy atom. The summed E-state index contributed by atoms with van der Waals surface area (Å²) < 4.78 is 0. The van der Waals surface area contributed by atoms with Crippen LogP contribution in [0.4, 0.5) is 0 Å². The van der Waals surface area contributed by atoms with Crippen LogP contribution in [0, 0.1) is 5.41 Å². The lowest BCUT2D eigenvalue weighted by molar-refractivity contribution is -0.120. The molecule has 110 valence electrons. The molecule has 0 saturated carbocycles. The molecular weight excluding hydrogens is 254 g/mol. The molecule has 0 aliphatic heterocycles. The summed E-state index contributed by atoms with van der Waals surface area (Å²) in [6.07, 6.45) is 1.28. The molecule has 0 radical (unpaired) electrons. The summed E-state index contributed by atoms with van der Waals surface area (Å²) in [6, 6.07) is 7.06. The Balaban J connectivity index is 2.46. The quantitative estimate of drug-likeness (QED) is 0.332. The summed E-state index contributed by atoms with van der Waals surface area (Å²) in [5.74, 6) is 0.0666. The van der Waals surface area contributed by atoms with Gasteiger partial charge in [-0.2, -0.15) is 0 Å². The van der Waals surface area contributed by atoms with Gasteiger partial charge in [0.15, 0.2) is 5.84 Å². The van der Waals surface area contributed by atoms with Crippen molar-refractivity contribution in [1.82, 2.24) is 5.32 Å². The summed E-state index contributed by atoms with van der Waals surface area (Å²) in [5, 5.41) is 14.4. The van der Waals surface area contributed by atoms with Crippen LogP contribution in [0.5, 0.6) is 0 Å². The lowest BCUT2D eigenvalue weighted by atomic mass is 9.92. The van der Waals surface area contributed by atoms with Gasteiger partial charge in [-0.3, -0.25) is 4.79 Å². The number of hydrogen-bond donors (Lipinski definition) is 3. The minimum Gasteiger partial charge on any atom is -0.409 e. The third-order valence-corrected chi connectivity index (χ3v) is 2.92. The van der Waals surface area contributed by atoms with Gasteiger partial charge in [0.25, 0.3) is 0 Å². The molecule has 5 heteroatoms. The first-order chi connectivity index (χ1) is 9.31. The molecular formula is C15H23N3O2. The molecule has 1 aromatic carbocycles. The van der Waals surface area contributed by atoms with E-state index in [0.29, 0.717) is 18.5 Å². The first-order valence-corrected chi connectivity index (χ1v) is 6.65. The maximum atomic E-state index is 11.8. The summed E-state index contributed by atoms with van der Waals surface area (Å²) in [6.45, 7) is 7.12. The summed E-state index contributed by atoms with van der Waals surface area (Å²) >= 11 is 0. The van der Waals surface area contributed by atoms with Crippen LogP contribution in [0.3, 0.4) is 0 Å². The van der Waals surface area contributed by atoms with Crippen LogP contribution < -0.4 is 11.1 Å². The maximum Gasteiger partial charge on any atom is 0.224 e. The second-order valence-electron chi connectivity index (χ2n) is 6.02. The van der Waals surface area contributed by atoms with E-state index in [1.165, 1.54) is 0 Å². The Morgan fingerprint density at radius 2 is 1.90 bits per heavy atom. The first kappa shape index (κ1) is 16.0. The number of amides is 1. The van der Waals surface area contributed by atoms with E-state index in [2.05, 4.69) is 31.2 Å². The van der Waals surface area contributed by atoms with Crippen molar-refractivity contribution in [1.29, 1.82) is 0 Å². The lowest BCUT2D eigenvalue weighted by Gasteiger charge is -2.18. The summed E-state index contributed by atoms with van der Waals surface area (Å²) in [5.41, 5.74) is 7.22. The predicted octanol–water partition coefficient (Wildman–Crippen LogP) is 1.88. The number of carbonyl (C=O) groups excluding carboxylic acids is 1. The average molecular weight is 277 g/mol. The fourth-order valence-electron chi connectivity index (χ4n) is 1.68. The third kappa shape index (κ3) is 5.73. The zero-order valence-corrected chi connectivity index (χ0v) is 12.3. The number of amidine groups is 1. The molecule has 0 saturated heterocycles. The zero-order valence-electron chi connectivity index (χ0n) is 12.3.